The molecule has 1 aliphatic heterocycles. The molecule has 27 heavy (non-hydrogen) atoms. The molecule has 0 saturated heterocycles. The number of ether oxygens (including phenoxy) is 3. The Morgan fingerprint density at radius 3 is 3.00 bits per heavy atom. The van der Waals surface area contributed by atoms with Gasteiger partial charge in [0.2, 0.25) is 0 Å². The van der Waals surface area contributed by atoms with Crippen molar-refractivity contribution in [3.8, 4) is 5.75 Å². The first-order valence-electron chi connectivity index (χ1n) is 8.61. The van der Waals surface area contributed by atoms with E-state index in [-0.39, 0.29) is 25.1 Å². The molecule has 0 aliphatic carbocycles. The van der Waals surface area contributed by atoms with Gasteiger partial charge in [0, 0.05) is 13.5 Å². The van der Waals surface area contributed by atoms with E-state index in [1.54, 1.807) is 7.11 Å². The zero-order chi connectivity index (χ0) is 18.8. The molecule has 0 radical (unpaired) electrons. The SMILES string of the molecule is COCOc1cc(C2Cc3nc(SC)[nH]c(=O)c3CO2)c2ccccc2c1. The Morgan fingerprint density at radius 1 is 1.33 bits per heavy atom. The predicted molar refractivity (Wildman–Crippen MR) is 104 cm³/mol. The van der Waals surface area contributed by atoms with Gasteiger partial charge >= 0.3 is 0 Å². The molecule has 140 valence electrons. The monoisotopic (exact) mass is 384 g/mol. The average molecular weight is 384 g/mol. The minimum absolute atomic E-state index is 0.121. The van der Waals surface area contributed by atoms with E-state index in [0.29, 0.717) is 17.1 Å². The summed E-state index contributed by atoms with van der Waals surface area (Å²) in [6.07, 6.45) is 2.24. The quantitative estimate of drug-likeness (QED) is 0.413. The molecule has 0 saturated carbocycles. The first-order chi connectivity index (χ1) is 13.2. The number of rotatable bonds is 5. The number of fused-ring (bicyclic) bond motifs is 2. The van der Waals surface area contributed by atoms with Gasteiger partial charge in [-0.25, -0.2) is 4.98 Å². The van der Waals surface area contributed by atoms with E-state index in [9.17, 15) is 4.79 Å². The number of aromatic nitrogens is 2. The van der Waals surface area contributed by atoms with Crippen LogP contribution in [0.25, 0.3) is 10.8 Å². The summed E-state index contributed by atoms with van der Waals surface area (Å²) in [6, 6.07) is 12.1. The largest absolute Gasteiger partial charge is 0.468 e. The number of hydrogen-bond donors (Lipinski definition) is 1. The third-order valence-corrected chi connectivity index (χ3v) is 5.22. The number of aromatic amines is 1. The summed E-state index contributed by atoms with van der Waals surface area (Å²) in [7, 11) is 1.59. The van der Waals surface area contributed by atoms with E-state index in [0.717, 1.165) is 27.8 Å². The molecule has 4 rings (SSSR count). The number of nitrogens with one attached hydrogen (secondary N) is 1. The molecule has 0 bridgehead atoms. The molecule has 1 atom stereocenters. The molecule has 0 fully saturated rings. The van der Waals surface area contributed by atoms with Crippen LogP contribution < -0.4 is 10.3 Å². The minimum atomic E-state index is -0.197. The highest BCUT2D eigenvalue weighted by Crippen LogP contribution is 2.36. The molecule has 7 heteroatoms. The second-order valence-corrected chi connectivity index (χ2v) is 7.08. The molecule has 0 spiro atoms. The summed E-state index contributed by atoms with van der Waals surface area (Å²) in [5.74, 6) is 0.726. The summed E-state index contributed by atoms with van der Waals surface area (Å²) in [5.41, 5.74) is 2.31. The van der Waals surface area contributed by atoms with Crippen LogP contribution in [-0.4, -0.2) is 30.1 Å². The van der Waals surface area contributed by atoms with Gasteiger partial charge in [-0.1, -0.05) is 36.0 Å². The molecular weight excluding hydrogens is 364 g/mol. The smallest absolute Gasteiger partial charge is 0.257 e. The van der Waals surface area contributed by atoms with Gasteiger partial charge in [-0.3, -0.25) is 4.79 Å². The lowest BCUT2D eigenvalue weighted by Gasteiger charge is -2.26. The van der Waals surface area contributed by atoms with Crippen LogP contribution in [0.3, 0.4) is 0 Å². The fourth-order valence-corrected chi connectivity index (χ4v) is 3.74. The van der Waals surface area contributed by atoms with Crippen molar-refractivity contribution < 1.29 is 14.2 Å². The van der Waals surface area contributed by atoms with Crippen LogP contribution in [-0.2, 0) is 22.5 Å². The Bertz CT molecular complexity index is 1030. The Balaban J connectivity index is 1.76. The number of methoxy groups -OCH3 is 1. The zero-order valence-corrected chi connectivity index (χ0v) is 16.0. The predicted octanol–water partition coefficient (Wildman–Crippen LogP) is 3.44. The van der Waals surface area contributed by atoms with Crippen LogP contribution in [0.4, 0.5) is 0 Å². The van der Waals surface area contributed by atoms with Crippen molar-refractivity contribution in [3.63, 3.8) is 0 Å². The van der Waals surface area contributed by atoms with Gasteiger partial charge in [0.05, 0.1) is 24.0 Å². The topological polar surface area (TPSA) is 73.4 Å². The number of thioether (sulfide) groups is 1. The van der Waals surface area contributed by atoms with Gasteiger partial charge in [0.25, 0.3) is 5.56 Å². The van der Waals surface area contributed by atoms with Crippen molar-refractivity contribution in [1.82, 2.24) is 9.97 Å². The van der Waals surface area contributed by atoms with E-state index < -0.39 is 0 Å². The van der Waals surface area contributed by atoms with Crippen molar-refractivity contribution in [2.75, 3.05) is 20.2 Å². The fourth-order valence-electron chi connectivity index (χ4n) is 3.34. The van der Waals surface area contributed by atoms with E-state index in [4.69, 9.17) is 14.2 Å². The molecule has 6 nitrogen and oxygen atoms in total. The van der Waals surface area contributed by atoms with Crippen LogP contribution in [0.5, 0.6) is 5.75 Å². The maximum atomic E-state index is 12.2. The summed E-state index contributed by atoms with van der Waals surface area (Å²) >= 11 is 1.43. The lowest BCUT2D eigenvalue weighted by Crippen LogP contribution is -2.26. The maximum Gasteiger partial charge on any atom is 0.257 e. The fraction of sp³-hybridized carbons (Fsp3) is 0.300. The van der Waals surface area contributed by atoms with Crippen LogP contribution in [0.2, 0.25) is 0 Å². The van der Waals surface area contributed by atoms with Gasteiger partial charge in [0.1, 0.15) is 5.75 Å². The van der Waals surface area contributed by atoms with Crippen molar-refractivity contribution in [2.45, 2.75) is 24.3 Å². The first-order valence-corrected chi connectivity index (χ1v) is 9.84. The Labute approximate surface area is 160 Å². The standard InChI is InChI=1S/C20H20N2O4S/c1-24-11-26-13-7-12-5-3-4-6-14(12)15(8-13)18-9-17-16(10-25-18)19(23)22-20(21-17)27-2/h3-8,18H,9-11H2,1-2H3,(H,21,22,23). The summed E-state index contributed by atoms with van der Waals surface area (Å²) in [4.78, 5) is 19.6. The van der Waals surface area contributed by atoms with Crippen molar-refractivity contribution in [1.29, 1.82) is 0 Å². The van der Waals surface area contributed by atoms with E-state index in [1.165, 1.54) is 11.8 Å². The lowest BCUT2D eigenvalue weighted by molar-refractivity contribution is 0.0248. The lowest BCUT2D eigenvalue weighted by atomic mass is 9.94. The van der Waals surface area contributed by atoms with Crippen molar-refractivity contribution >= 4 is 22.5 Å². The van der Waals surface area contributed by atoms with Crippen LogP contribution >= 0.6 is 11.8 Å². The Morgan fingerprint density at radius 2 is 2.19 bits per heavy atom. The third kappa shape index (κ3) is 3.58. The molecular formula is C20H20N2O4S. The van der Waals surface area contributed by atoms with E-state index in [1.807, 2.05) is 36.6 Å². The first kappa shape index (κ1) is 18.0. The number of nitrogens with zero attached hydrogens (tertiary/aromatic N) is 1. The molecule has 1 unspecified atom stereocenters. The van der Waals surface area contributed by atoms with Gasteiger partial charge in [-0.2, -0.15) is 0 Å². The Kier molecular flexibility index (Phi) is 5.15. The minimum Gasteiger partial charge on any atom is -0.468 e. The van der Waals surface area contributed by atoms with Gasteiger partial charge < -0.3 is 19.2 Å². The third-order valence-electron chi connectivity index (χ3n) is 4.64. The molecule has 0 amide bonds. The molecule has 3 aromatic rings. The molecule has 2 aromatic carbocycles. The highest BCUT2D eigenvalue weighted by Gasteiger charge is 2.26. The highest BCUT2D eigenvalue weighted by molar-refractivity contribution is 7.98. The average Bonchev–Trinajstić information content (AvgIpc) is 2.71. The molecule has 1 aromatic heterocycles. The second kappa shape index (κ2) is 7.72. The summed E-state index contributed by atoms with van der Waals surface area (Å²) in [5, 5.41) is 2.80. The van der Waals surface area contributed by atoms with Crippen molar-refractivity contribution in [2.24, 2.45) is 0 Å². The van der Waals surface area contributed by atoms with Crippen LogP contribution in [0, 0.1) is 0 Å². The molecule has 1 N–H and O–H groups in total. The zero-order valence-electron chi connectivity index (χ0n) is 15.2. The summed E-state index contributed by atoms with van der Waals surface area (Å²) < 4.78 is 16.8. The maximum absolute atomic E-state index is 12.2. The van der Waals surface area contributed by atoms with Crippen molar-refractivity contribution in [3.05, 3.63) is 63.6 Å². The Hall–Kier alpha value is -2.35. The van der Waals surface area contributed by atoms with E-state index >= 15 is 0 Å². The van der Waals surface area contributed by atoms with E-state index in [2.05, 4.69) is 16.0 Å². The number of hydrogen-bond acceptors (Lipinski definition) is 6. The van der Waals surface area contributed by atoms with Gasteiger partial charge in [-0.05, 0) is 34.7 Å². The van der Waals surface area contributed by atoms with Gasteiger partial charge in [0.15, 0.2) is 11.9 Å². The molecule has 1 aliphatic rings. The second-order valence-electron chi connectivity index (χ2n) is 6.29. The van der Waals surface area contributed by atoms with Crippen LogP contribution in [0.15, 0.2) is 46.3 Å². The number of H-pyrrole nitrogens is 1. The highest BCUT2D eigenvalue weighted by atomic mass is 32.2. The summed E-state index contributed by atoms with van der Waals surface area (Å²) in [6.45, 7) is 0.425. The van der Waals surface area contributed by atoms with Gasteiger partial charge in [-0.15, -0.1) is 0 Å². The normalized spacial score (nSPS) is 16.3. The number of benzene rings is 2. The molecule has 2 heterocycles. The van der Waals surface area contributed by atoms with Crippen LogP contribution in [0.1, 0.15) is 22.9 Å².